The number of hydrogen-bond donors (Lipinski definition) is 0. The third-order valence-corrected chi connectivity index (χ3v) is 3.52. The molecular weight excluding hydrogens is 300 g/mol. The van der Waals surface area contributed by atoms with Gasteiger partial charge in [-0.25, -0.2) is 0 Å². The first kappa shape index (κ1) is 12.1. The smallest absolute Gasteiger partial charge is 0.103 e. The van der Waals surface area contributed by atoms with Crippen molar-refractivity contribution in [3.63, 3.8) is 0 Å². The molecule has 0 bridgehead atoms. The van der Waals surface area contributed by atoms with E-state index in [1.807, 2.05) is 36.4 Å². The molecule has 0 fully saturated rings. The largest absolute Gasteiger partial charge is 0.254 e. The molecule has 0 unspecified atom stereocenters. The van der Waals surface area contributed by atoms with E-state index < -0.39 is 0 Å². The first-order valence-electron chi connectivity index (χ1n) is 5.97. The van der Waals surface area contributed by atoms with Crippen molar-refractivity contribution in [2.75, 3.05) is 0 Å². The molecule has 19 heavy (non-hydrogen) atoms. The van der Waals surface area contributed by atoms with E-state index in [1.165, 1.54) is 0 Å². The zero-order valence-corrected chi connectivity index (χ0v) is 11.7. The monoisotopic (exact) mass is 310 g/mol. The molecule has 92 valence electrons. The van der Waals surface area contributed by atoms with Crippen LogP contribution in [-0.2, 0) is 0 Å². The Balaban J connectivity index is 2.21. The average Bonchev–Trinajstić information content (AvgIpc) is 2.49. The Labute approximate surface area is 120 Å². The fraction of sp³-hybridized carbons (Fsp3) is 0. The van der Waals surface area contributed by atoms with E-state index in [-0.39, 0.29) is 0 Å². The SMILES string of the molecule is Brc1cccnc1-c1ncccc1-c1ccccc1. The molecular formula is C16H11BrN2. The Bertz CT molecular complexity index is 696. The van der Waals surface area contributed by atoms with E-state index in [0.717, 1.165) is 27.0 Å². The second kappa shape index (κ2) is 5.33. The minimum Gasteiger partial charge on any atom is -0.254 e. The summed E-state index contributed by atoms with van der Waals surface area (Å²) < 4.78 is 0.950. The van der Waals surface area contributed by atoms with Crippen LogP contribution >= 0.6 is 15.9 Å². The fourth-order valence-electron chi connectivity index (χ4n) is 2.00. The van der Waals surface area contributed by atoms with E-state index >= 15 is 0 Å². The van der Waals surface area contributed by atoms with Crippen molar-refractivity contribution >= 4 is 15.9 Å². The summed E-state index contributed by atoms with van der Waals surface area (Å²) in [5, 5.41) is 0. The summed E-state index contributed by atoms with van der Waals surface area (Å²) in [4.78, 5) is 8.92. The number of aromatic nitrogens is 2. The normalized spacial score (nSPS) is 10.4. The Hall–Kier alpha value is -2.00. The Kier molecular flexibility index (Phi) is 3.38. The van der Waals surface area contributed by atoms with Gasteiger partial charge in [0.15, 0.2) is 0 Å². The van der Waals surface area contributed by atoms with Gasteiger partial charge in [0.2, 0.25) is 0 Å². The van der Waals surface area contributed by atoms with Crippen LogP contribution in [-0.4, -0.2) is 9.97 Å². The standard InChI is InChI=1S/C16H11BrN2/c17-14-9-5-11-19-16(14)15-13(8-4-10-18-15)12-6-2-1-3-7-12/h1-11H. The molecule has 2 heterocycles. The highest BCUT2D eigenvalue weighted by molar-refractivity contribution is 9.10. The molecule has 0 aliphatic rings. The molecule has 2 nitrogen and oxygen atoms in total. The summed E-state index contributed by atoms with van der Waals surface area (Å²) in [5.74, 6) is 0. The summed E-state index contributed by atoms with van der Waals surface area (Å²) >= 11 is 3.54. The van der Waals surface area contributed by atoms with Crippen molar-refractivity contribution in [2.24, 2.45) is 0 Å². The Morgan fingerprint density at radius 1 is 0.684 bits per heavy atom. The minimum atomic E-state index is 0.863. The Morgan fingerprint density at radius 2 is 1.37 bits per heavy atom. The fourth-order valence-corrected chi connectivity index (χ4v) is 2.45. The van der Waals surface area contributed by atoms with Gasteiger partial charge < -0.3 is 0 Å². The molecule has 1 aromatic carbocycles. The summed E-state index contributed by atoms with van der Waals surface area (Å²) in [7, 11) is 0. The van der Waals surface area contributed by atoms with Crippen LogP contribution in [0, 0.1) is 0 Å². The number of benzene rings is 1. The van der Waals surface area contributed by atoms with Crippen LogP contribution in [0.3, 0.4) is 0 Å². The van der Waals surface area contributed by atoms with Gasteiger partial charge in [0.1, 0.15) is 5.69 Å². The third kappa shape index (κ3) is 2.42. The van der Waals surface area contributed by atoms with Crippen LogP contribution in [0.2, 0.25) is 0 Å². The van der Waals surface area contributed by atoms with Crippen molar-refractivity contribution in [2.45, 2.75) is 0 Å². The number of nitrogens with zero attached hydrogens (tertiary/aromatic N) is 2. The number of pyridine rings is 2. The minimum absolute atomic E-state index is 0.863. The van der Waals surface area contributed by atoms with Crippen molar-refractivity contribution in [3.05, 3.63) is 71.5 Å². The maximum atomic E-state index is 4.49. The van der Waals surface area contributed by atoms with Crippen LogP contribution in [0.15, 0.2) is 71.5 Å². The highest BCUT2D eigenvalue weighted by Gasteiger charge is 2.11. The van der Waals surface area contributed by atoms with Crippen LogP contribution in [0.5, 0.6) is 0 Å². The number of hydrogen-bond acceptors (Lipinski definition) is 2. The van der Waals surface area contributed by atoms with Gasteiger partial charge in [-0.3, -0.25) is 9.97 Å². The first-order valence-corrected chi connectivity index (χ1v) is 6.77. The molecule has 0 amide bonds. The lowest BCUT2D eigenvalue weighted by molar-refractivity contribution is 1.24. The molecule has 0 radical (unpaired) electrons. The van der Waals surface area contributed by atoms with Crippen LogP contribution < -0.4 is 0 Å². The molecule has 3 rings (SSSR count). The van der Waals surface area contributed by atoms with Crippen molar-refractivity contribution in [3.8, 4) is 22.5 Å². The lowest BCUT2D eigenvalue weighted by Gasteiger charge is -2.09. The lowest BCUT2D eigenvalue weighted by atomic mass is 10.0. The summed E-state index contributed by atoms with van der Waals surface area (Å²) in [5.41, 5.74) is 3.98. The molecule has 0 saturated carbocycles. The van der Waals surface area contributed by atoms with Gasteiger partial charge in [-0.15, -0.1) is 0 Å². The van der Waals surface area contributed by atoms with Crippen LogP contribution in [0.25, 0.3) is 22.5 Å². The molecule has 0 N–H and O–H groups in total. The Morgan fingerprint density at radius 3 is 2.11 bits per heavy atom. The highest BCUT2D eigenvalue weighted by atomic mass is 79.9. The van der Waals surface area contributed by atoms with Gasteiger partial charge in [-0.2, -0.15) is 0 Å². The van der Waals surface area contributed by atoms with Crippen LogP contribution in [0.4, 0.5) is 0 Å². The van der Waals surface area contributed by atoms with Crippen molar-refractivity contribution < 1.29 is 0 Å². The zero-order chi connectivity index (χ0) is 13.1. The van der Waals surface area contributed by atoms with E-state index in [4.69, 9.17) is 0 Å². The van der Waals surface area contributed by atoms with Gasteiger partial charge in [0, 0.05) is 22.4 Å². The highest BCUT2D eigenvalue weighted by Crippen LogP contribution is 2.32. The van der Waals surface area contributed by atoms with E-state index in [0.29, 0.717) is 0 Å². The predicted molar refractivity (Wildman–Crippen MR) is 80.6 cm³/mol. The molecule has 0 spiro atoms. The molecule has 3 aromatic rings. The first-order chi connectivity index (χ1) is 9.36. The van der Waals surface area contributed by atoms with Gasteiger partial charge in [-0.1, -0.05) is 36.4 Å². The van der Waals surface area contributed by atoms with Crippen molar-refractivity contribution in [1.29, 1.82) is 0 Å². The van der Waals surface area contributed by atoms with Gasteiger partial charge >= 0.3 is 0 Å². The second-order valence-electron chi connectivity index (χ2n) is 4.10. The predicted octanol–water partition coefficient (Wildman–Crippen LogP) is 4.57. The number of halogens is 1. The maximum Gasteiger partial charge on any atom is 0.103 e. The molecule has 2 aromatic heterocycles. The lowest BCUT2D eigenvalue weighted by Crippen LogP contribution is -1.92. The van der Waals surface area contributed by atoms with E-state index in [1.54, 1.807) is 12.4 Å². The summed E-state index contributed by atoms with van der Waals surface area (Å²) in [6, 6.07) is 18.1. The maximum absolute atomic E-state index is 4.49. The van der Waals surface area contributed by atoms with E-state index in [9.17, 15) is 0 Å². The van der Waals surface area contributed by atoms with E-state index in [2.05, 4.69) is 44.1 Å². The second-order valence-corrected chi connectivity index (χ2v) is 4.95. The van der Waals surface area contributed by atoms with Gasteiger partial charge in [0.25, 0.3) is 0 Å². The summed E-state index contributed by atoms with van der Waals surface area (Å²) in [6.07, 6.45) is 3.58. The molecule has 0 atom stereocenters. The van der Waals surface area contributed by atoms with Crippen molar-refractivity contribution in [1.82, 2.24) is 9.97 Å². The topological polar surface area (TPSA) is 25.8 Å². The molecule has 3 heteroatoms. The van der Waals surface area contributed by atoms with Gasteiger partial charge in [-0.05, 0) is 39.7 Å². The van der Waals surface area contributed by atoms with Gasteiger partial charge in [0.05, 0.1) is 5.69 Å². The van der Waals surface area contributed by atoms with Crippen LogP contribution in [0.1, 0.15) is 0 Å². The third-order valence-electron chi connectivity index (χ3n) is 2.88. The molecule has 0 aliphatic carbocycles. The molecule has 0 aliphatic heterocycles. The molecule has 0 saturated heterocycles. The average molecular weight is 311 g/mol. The summed E-state index contributed by atoms with van der Waals surface area (Å²) in [6.45, 7) is 0. The number of rotatable bonds is 2. The zero-order valence-electron chi connectivity index (χ0n) is 10.1. The quantitative estimate of drug-likeness (QED) is 0.692.